The average Bonchev–Trinajstić information content (AvgIpc) is 3.37. The number of amides is 1. The van der Waals surface area contributed by atoms with Gasteiger partial charge in [-0.15, -0.1) is 0 Å². The lowest BCUT2D eigenvalue weighted by Crippen LogP contribution is -2.61. The standard InChI is InChI=1S/C57H93NO13Si/c1-14-72(15-2,16-3)71-52-41(9)31-38(6)47(60)35-49(39(7)32-43-26-28-46(59)50(33-43)67-12)69-56(64)45-24-20-21-29-58(45)55(63)54(62)57(65)42(10)25-27-44(70-57)34-48(66-11)37(5)23-19-17-18-22-36(4)30-40(8)51(61)53(52)68-13/h17-19,22-23,31,36,39-46,48-50,52-53,59,65H,14-16,20-21,24-30,32-35H2,1-13H3/t36-,39-,40-,41?,42-,43+,44+,45+,46-,48+,49+,50-,52-,53+,57-/m1/s1. The number of cyclic esters (lactones) is 1. The molecule has 1 saturated carbocycles. The summed E-state index contributed by atoms with van der Waals surface area (Å²) in [5, 5.41) is 22.6. The van der Waals surface area contributed by atoms with Crippen molar-refractivity contribution in [1.82, 2.24) is 4.90 Å². The van der Waals surface area contributed by atoms with Crippen LogP contribution >= 0.6 is 0 Å². The molecule has 0 radical (unpaired) electrons. The number of piperidine rings is 1. The second-order valence-electron chi connectivity index (χ2n) is 21.9. The Balaban J connectivity index is 1.80. The number of methoxy groups -OCH3 is 3. The highest BCUT2D eigenvalue weighted by molar-refractivity contribution is 6.73. The summed E-state index contributed by atoms with van der Waals surface area (Å²) in [5.41, 5.74) is 1.33. The normalized spacial score (nSPS) is 35.6. The summed E-state index contributed by atoms with van der Waals surface area (Å²) in [6.45, 7) is 19.8. The van der Waals surface area contributed by atoms with Crippen molar-refractivity contribution in [1.29, 1.82) is 0 Å². The summed E-state index contributed by atoms with van der Waals surface area (Å²) in [4.78, 5) is 73.7. The molecular formula is C57H93NO13Si. The molecule has 72 heavy (non-hydrogen) atoms. The minimum atomic E-state index is -2.43. The predicted octanol–water partition coefficient (Wildman–Crippen LogP) is 9.21. The number of rotatable bonds is 11. The van der Waals surface area contributed by atoms with E-state index in [0.717, 1.165) is 30.1 Å². The number of ether oxygens (including phenoxy) is 5. The molecule has 1 unspecified atom stereocenters. The molecule has 1 aliphatic carbocycles. The number of ketones is 3. The van der Waals surface area contributed by atoms with Crippen LogP contribution in [0.3, 0.4) is 0 Å². The van der Waals surface area contributed by atoms with Crippen LogP contribution < -0.4 is 0 Å². The van der Waals surface area contributed by atoms with Crippen LogP contribution in [0.25, 0.3) is 0 Å². The van der Waals surface area contributed by atoms with Gasteiger partial charge >= 0.3 is 5.97 Å². The highest BCUT2D eigenvalue weighted by atomic mass is 28.4. The maximum absolute atomic E-state index is 14.6. The average molecular weight is 1030 g/mol. The predicted molar refractivity (Wildman–Crippen MR) is 281 cm³/mol. The Kier molecular flexibility index (Phi) is 24.4. The van der Waals surface area contributed by atoms with E-state index in [1.165, 1.54) is 4.90 Å². The maximum Gasteiger partial charge on any atom is 0.329 e. The van der Waals surface area contributed by atoms with Crippen molar-refractivity contribution in [3.05, 3.63) is 47.6 Å². The molecule has 4 rings (SSSR count). The highest BCUT2D eigenvalue weighted by Crippen LogP contribution is 2.38. The van der Waals surface area contributed by atoms with Gasteiger partial charge in [0.15, 0.2) is 19.9 Å². The molecule has 408 valence electrons. The SMILES string of the molecule is CC[Si](CC)(CC)O[C@@H]1C(C)C=C(C)C(=O)C[C@@H]([C@H](C)C[C@@H]2CC[C@@H](O)[C@H](OC)C2)OC(=O)[C@@H]2CCCCN2C(=O)C(=O)[C@]2(O)O[C@@H](CC[C@H]2C)C[C@H](OC)C(C)=CC=CC=C[C@@H](C)C[C@@H](C)C(=O)[C@@H]1OC. The Morgan fingerprint density at radius 3 is 2.18 bits per heavy atom. The number of carbonyl (C=O) groups excluding carboxylic acids is 5. The molecular weight excluding hydrogens is 935 g/mol. The Labute approximate surface area is 433 Å². The summed E-state index contributed by atoms with van der Waals surface area (Å²) < 4.78 is 37.4. The topological polar surface area (TPSA) is 184 Å². The van der Waals surface area contributed by atoms with E-state index in [1.807, 2.05) is 58.1 Å². The first-order valence-corrected chi connectivity index (χ1v) is 29.8. The highest BCUT2D eigenvalue weighted by Gasteiger charge is 2.53. The van der Waals surface area contributed by atoms with E-state index in [9.17, 15) is 34.2 Å². The number of hydrogen-bond donors (Lipinski definition) is 2. The summed E-state index contributed by atoms with van der Waals surface area (Å²) in [6.07, 6.45) is 12.8. The van der Waals surface area contributed by atoms with Crippen LogP contribution in [0, 0.1) is 35.5 Å². The first-order chi connectivity index (χ1) is 34.1. The Morgan fingerprint density at radius 2 is 1.54 bits per heavy atom. The summed E-state index contributed by atoms with van der Waals surface area (Å²) in [5.74, 6) is -7.20. The van der Waals surface area contributed by atoms with Gasteiger partial charge in [-0.2, -0.15) is 0 Å². The smallest absolute Gasteiger partial charge is 0.329 e. The molecule has 14 nitrogen and oxygen atoms in total. The van der Waals surface area contributed by atoms with Gasteiger partial charge in [-0.1, -0.05) is 91.8 Å². The number of hydrogen-bond acceptors (Lipinski definition) is 13. The molecule has 0 spiro atoms. The van der Waals surface area contributed by atoms with E-state index in [-0.39, 0.29) is 60.7 Å². The minimum Gasteiger partial charge on any atom is -0.460 e. The molecule has 1 amide bonds. The zero-order valence-electron chi connectivity index (χ0n) is 46.2. The largest absolute Gasteiger partial charge is 0.460 e. The third-order valence-electron chi connectivity index (χ3n) is 16.8. The van der Waals surface area contributed by atoms with Crippen molar-refractivity contribution in [3.8, 4) is 0 Å². The van der Waals surface area contributed by atoms with Crippen LogP contribution in [0.15, 0.2) is 47.6 Å². The summed E-state index contributed by atoms with van der Waals surface area (Å²) in [7, 11) is 2.40. The van der Waals surface area contributed by atoms with E-state index in [1.54, 1.807) is 35.2 Å². The monoisotopic (exact) mass is 1030 g/mol. The first-order valence-electron chi connectivity index (χ1n) is 27.3. The summed E-state index contributed by atoms with van der Waals surface area (Å²) in [6, 6.07) is 1.42. The van der Waals surface area contributed by atoms with Crippen LogP contribution in [-0.2, 0) is 52.1 Å². The van der Waals surface area contributed by atoms with Crippen molar-refractivity contribution >= 4 is 37.5 Å². The van der Waals surface area contributed by atoms with Gasteiger partial charge in [-0.3, -0.25) is 19.2 Å². The zero-order valence-corrected chi connectivity index (χ0v) is 47.2. The van der Waals surface area contributed by atoms with Crippen LogP contribution in [0.2, 0.25) is 18.1 Å². The quantitative estimate of drug-likeness (QED) is 0.114. The number of aliphatic hydroxyl groups is 2. The first kappa shape index (κ1) is 61.4. The molecule has 0 aromatic rings. The fourth-order valence-electron chi connectivity index (χ4n) is 11.6. The van der Waals surface area contributed by atoms with Crippen LogP contribution in [0.5, 0.6) is 0 Å². The zero-order chi connectivity index (χ0) is 53.5. The van der Waals surface area contributed by atoms with Crippen molar-refractivity contribution < 1.29 is 62.3 Å². The summed E-state index contributed by atoms with van der Waals surface area (Å²) >= 11 is 0. The van der Waals surface area contributed by atoms with E-state index < -0.39 is 86.3 Å². The molecule has 15 atom stereocenters. The van der Waals surface area contributed by atoms with Gasteiger partial charge in [0.05, 0.1) is 30.5 Å². The Hall–Kier alpha value is -3.15. The number of carbonyl (C=O) groups is 5. The van der Waals surface area contributed by atoms with Crippen molar-refractivity contribution in [3.63, 3.8) is 0 Å². The van der Waals surface area contributed by atoms with Gasteiger partial charge < -0.3 is 43.2 Å². The van der Waals surface area contributed by atoms with E-state index >= 15 is 0 Å². The van der Waals surface area contributed by atoms with E-state index in [0.29, 0.717) is 63.4 Å². The molecule has 4 aliphatic rings. The molecule has 0 aromatic carbocycles. The lowest BCUT2D eigenvalue weighted by molar-refractivity contribution is -0.265. The van der Waals surface area contributed by atoms with Crippen LogP contribution in [0.1, 0.15) is 146 Å². The van der Waals surface area contributed by atoms with E-state index in [2.05, 4.69) is 33.8 Å². The van der Waals surface area contributed by atoms with Gasteiger partial charge in [-0.25, -0.2) is 4.79 Å². The number of Topliss-reactive ketones (excluding diaryl/α,β-unsaturated/α-hetero) is 3. The lowest BCUT2D eigenvalue weighted by Gasteiger charge is -2.42. The molecule has 2 N–H and O–H groups in total. The van der Waals surface area contributed by atoms with Crippen molar-refractivity contribution in [2.45, 2.75) is 219 Å². The second-order valence-corrected chi connectivity index (χ2v) is 26.7. The third-order valence-corrected chi connectivity index (χ3v) is 21.4. The number of aliphatic hydroxyl groups excluding tert-OH is 1. The Morgan fingerprint density at radius 1 is 0.847 bits per heavy atom. The fourth-order valence-corrected chi connectivity index (χ4v) is 14.5. The van der Waals surface area contributed by atoms with Crippen molar-refractivity contribution in [2.24, 2.45) is 35.5 Å². The second kappa shape index (κ2) is 28.7. The van der Waals surface area contributed by atoms with Crippen molar-refractivity contribution in [2.75, 3.05) is 27.9 Å². The van der Waals surface area contributed by atoms with Gasteiger partial charge in [-0.05, 0) is 125 Å². The third kappa shape index (κ3) is 15.9. The molecule has 3 aliphatic heterocycles. The minimum absolute atomic E-state index is 0.0552. The number of esters is 1. The Bertz CT molecular complexity index is 1920. The number of fused-ring (bicyclic) bond motifs is 3. The van der Waals surface area contributed by atoms with Gasteiger partial charge in [0.1, 0.15) is 18.2 Å². The number of allylic oxidation sites excluding steroid dienone is 6. The molecule has 2 saturated heterocycles. The molecule has 3 heterocycles. The molecule has 0 aromatic heterocycles. The lowest BCUT2D eigenvalue weighted by atomic mass is 9.78. The fraction of sp³-hybridized carbons (Fsp3) is 0.772. The molecule has 3 fully saturated rings. The van der Waals surface area contributed by atoms with E-state index in [4.69, 9.17) is 28.1 Å². The van der Waals surface area contributed by atoms with Crippen LogP contribution in [-0.4, -0.2) is 135 Å². The van der Waals surface area contributed by atoms with Gasteiger partial charge in [0, 0.05) is 58.5 Å². The molecule has 2 bridgehead atoms. The van der Waals surface area contributed by atoms with Crippen LogP contribution in [0.4, 0.5) is 0 Å². The molecule has 15 heteroatoms. The maximum atomic E-state index is 14.6. The number of nitrogens with zero attached hydrogens (tertiary/aromatic N) is 1. The van der Waals surface area contributed by atoms with Gasteiger partial charge in [0.2, 0.25) is 5.79 Å². The van der Waals surface area contributed by atoms with Gasteiger partial charge in [0.25, 0.3) is 11.7 Å².